The monoisotopic (exact) mass is 560 g/mol. The SMILES string of the molecule is N[C@@H](CCN(Cc1ccccc1OCC#Cc1ccncc1)Cc1ccccc1OCC#Cc1ccncc1)C(=O)O. The fraction of sp³-hybridized carbons (Fsp3) is 0.206. The maximum absolute atomic E-state index is 11.4. The first kappa shape index (κ1) is 29.8. The first-order valence-electron chi connectivity index (χ1n) is 13.5. The van der Waals surface area contributed by atoms with Crippen LogP contribution in [0.15, 0.2) is 97.6 Å². The molecule has 2 aromatic carbocycles. The lowest BCUT2D eigenvalue weighted by molar-refractivity contribution is -0.138. The highest BCUT2D eigenvalue weighted by molar-refractivity contribution is 5.73. The predicted molar refractivity (Wildman–Crippen MR) is 160 cm³/mol. The number of para-hydroxylation sites is 2. The van der Waals surface area contributed by atoms with E-state index >= 15 is 0 Å². The molecule has 3 N–H and O–H groups in total. The lowest BCUT2D eigenvalue weighted by Crippen LogP contribution is -2.35. The molecule has 2 aromatic heterocycles. The van der Waals surface area contributed by atoms with Gasteiger partial charge in [0.1, 0.15) is 30.8 Å². The fourth-order valence-electron chi connectivity index (χ4n) is 4.07. The number of rotatable bonds is 12. The van der Waals surface area contributed by atoms with Crippen LogP contribution in [0.5, 0.6) is 11.5 Å². The first-order valence-corrected chi connectivity index (χ1v) is 13.5. The summed E-state index contributed by atoms with van der Waals surface area (Å²) in [6.07, 6.45) is 7.08. The number of nitrogens with zero attached hydrogens (tertiary/aromatic N) is 3. The summed E-state index contributed by atoms with van der Waals surface area (Å²) in [5.74, 6) is 12.6. The van der Waals surface area contributed by atoms with Crippen molar-refractivity contribution in [3.05, 3.63) is 120 Å². The highest BCUT2D eigenvalue weighted by Gasteiger charge is 2.17. The van der Waals surface area contributed by atoms with Gasteiger partial charge in [0.25, 0.3) is 0 Å². The Morgan fingerprint density at radius 3 is 1.67 bits per heavy atom. The van der Waals surface area contributed by atoms with Crippen molar-refractivity contribution in [3.8, 4) is 35.2 Å². The van der Waals surface area contributed by atoms with Crippen LogP contribution in [-0.2, 0) is 17.9 Å². The van der Waals surface area contributed by atoms with Crippen molar-refractivity contribution in [1.29, 1.82) is 0 Å². The van der Waals surface area contributed by atoms with E-state index in [0.29, 0.717) is 31.1 Å². The fourth-order valence-corrected chi connectivity index (χ4v) is 4.07. The van der Waals surface area contributed by atoms with E-state index < -0.39 is 12.0 Å². The second-order valence-corrected chi connectivity index (χ2v) is 9.31. The molecule has 0 fully saturated rings. The predicted octanol–water partition coefficient (Wildman–Crippen LogP) is 4.14. The van der Waals surface area contributed by atoms with E-state index in [0.717, 1.165) is 22.3 Å². The quantitative estimate of drug-likeness (QED) is 0.249. The molecule has 0 radical (unpaired) electrons. The molecule has 0 saturated carbocycles. The zero-order valence-electron chi connectivity index (χ0n) is 23.1. The molecule has 0 saturated heterocycles. The average Bonchev–Trinajstić information content (AvgIpc) is 3.02. The van der Waals surface area contributed by atoms with Crippen molar-refractivity contribution in [2.75, 3.05) is 19.8 Å². The second kappa shape index (κ2) is 16.2. The Morgan fingerprint density at radius 2 is 1.21 bits per heavy atom. The Balaban J connectivity index is 1.46. The Kier molecular flexibility index (Phi) is 11.5. The number of aromatic nitrogens is 2. The van der Waals surface area contributed by atoms with E-state index in [1.165, 1.54) is 0 Å². The molecule has 4 rings (SSSR count). The Labute approximate surface area is 246 Å². The Morgan fingerprint density at radius 1 is 0.762 bits per heavy atom. The van der Waals surface area contributed by atoms with Gasteiger partial charge in [-0.25, -0.2) is 0 Å². The van der Waals surface area contributed by atoms with Gasteiger partial charge in [-0.15, -0.1) is 0 Å². The minimum Gasteiger partial charge on any atom is -0.481 e. The number of benzene rings is 2. The molecule has 0 aliphatic carbocycles. The van der Waals surface area contributed by atoms with Gasteiger partial charge >= 0.3 is 5.97 Å². The van der Waals surface area contributed by atoms with E-state index in [4.69, 9.17) is 15.2 Å². The summed E-state index contributed by atoms with van der Waals surface area (Å²) in [6.45, 7) is 1.92. The van der Waals surface area contributed by atoms with Crippen LogP contribution in [-0.4, -0.2) is 51.7 Å². The molecular formula is C34H32N4O4. The smallest absolute Gasteiger partial charge is 0.320 e. The molecular weight excluding hydrogens is 528 g/mol. The topological polar surface area (TPSA) is 111 Å². The highest BCUT2D eigenvalue weighted by atomic mass is 16.5. The summed E-state index contributed by atoms with van der Waals surface area (Å²) in [5.41, 5.74) is 9.50. The number of hydrogen-bond donors (Lipinski definition) is 2. The summed E-state index contributed by atoms with van der Waals surface area (Å²) in [6, 6.07) is 21.9. The lowest BCUT2D eigenvalue weighted by atomic mass is 10.1. The van der Waals surface area contributed by atoms with E-state index in [1.54, 1.807) is 24.8 Å². The van der Waals surface area contributed by atoms with Crippen LogP contribution in [0.25, 0.3) is 0 Å². The summed E-state index contributed by atoms with van der Waals surface area (Å²) in [4.78, 5) is 21.6. The zero-order chi connectivity index (χ0) is 29.4. The number of carbonyl (C=O) groups is 1. The van der Waals surface area contributed by atoms with Gasteiger partial charge in [0.05, 0.1) is 0 Å². The minimum absolute atomic E-state index is 0.223. The second-order valence-electron chi connectivity index (χ2n) is 9.31. The molecule has 2 heterocycles. The molecule has 8 heteroatoms. The molecule has 212 valence electrons. The third-order valence-electron chi connectivity index (χ3n) is 6.23. The van der Waals surface area contributed by atoms with Crippen LogP contribution >= 0.6 is 0 Å². The lowest BCUT2D eigenvalue weighted by Gasteiger charge is -2.25. The third kappa shape index (κ3) is 9.79. The van der Waals surface area contributed by atoms with E-state index in [9.17, 15) is 9.90 Å². The molecule has 8 nitrogen and oxygen atoms in total. The molecule has 0 unspecified atom stereocenters. The number of pyridine rings is 2. The summed E-state index contributed by atoms with van der Waals surface area (Å²) in [5, 5.41) is 9.35. The largest absolute Gasteiger partial charge is 0.481 e. The van der Waals surface area contributed by atoms with Crippen molar-refractivity contribution < 1.29 is 19.4 Å². The van der Waals surface area contributed by atoms with Gasteiger partial charge in [0.2, 0.25) is 0 Å². The van der Waals surface area contributed by atoms with E-state index in [1.807, 2.05) is 72.8 Å². The maximum Gasteiger partial charge on any atom is 0.320 e. The molecule has 42 heavy (non-hydrogen) atoms. The highest BCUT2D eigenvalue weighted by Crippen LogP contribution is 2.24. The van der Waals surface area contributed by atoms with Crippen LogP contribution in [0.2, 0.25) is 0 Å². The number of carboxylic acid groups (broad SMARTS) is 1. The summed E-state index contributed by atoms with van der Waals surface area (Å²) < 4.78 is 12.0. The zero-order valence-corrected chi connectivity index (χ0v) is 23.1. The summed E-state index contributed by atoms with van der Waals surface area (Å²) >= 11 is 0. The standard InChI is InChI=1S/C34H32N4O4/c35-31(34(39)40)17-22-38(25-29-9-1-3-11-32(29)41-23-5-7-27-13-18-36-19-14-27)26-30-10-2-4-12-33(30)42-24-6-8-28-15-20-37-21-16-28/h1-4,9-16,18-21,31H,17,22-26,35H2,(H,39,40)/t31-/m0/s1. The molecule has 0 aliphatic rings. The number of carboxylic acids is 1. The van der Waals surface area contributed by atoms with Crippen molar-refractivity contribution in [2.24, 2.45) is 5.73 Å². The molecule has 0 bridgehead atoms. The molecule has 0 amide bonds. The third-order valence-corrected chi connectivity index (χ3v) is 6.23. The van der Waals surface area contributed by atoms with Crippen LogP contribution in [0.4, 0.5) is 0 Å². The van der Waals surface area contributed by atoms with Gasteiger partial charge in [0.15, 0.2) is 0 Å². The van der Waals surface area contributed by atoms with Gasteiger partial charge in [-0.1, -0.05) is 60.1 Å². The molecule has 4 aromatic rings. The minimum atomic E-state index is -1.03. The van der Waals surface area contributed by atoms with Crippen LogP contribution in [0.1, 0.15) is 28.7 Å². The number of ether oxygens (including phenoxy) is 2. The van der Waals surface area contributed by atoms with E-state index in [2.05, 4.69) is 38.5 Å². The molecule has 1 atom stereocenters. The number of nitrogens with two attached hydrogens (primary N) is 1. The van der Waals surface area contributed by atoms with Crippen molar-refractivity contribution in [3.63, 3.8) is 0 Å². The Hall–Kier alpha value is -5.15. The van der Waals surface area contributed by atoms with Gasteiger partial charge in [0, 0.05) is 66.7 Å². The van der Waals surface area contributed by atoms with Crippen LogP contribution in [0.3, 0.4) is 0 Å². The van der Waals surface area contributed by atoms with Gasteiger partial charge in [-0.2, -0.15) is 0 Å². The van der Waals surface area contributed by atoms with Gasteiger partial charge in [-0.3, -0.25) is 19.7 Å². The number of aliphatic carboxylic acids is 1. The average molecular weight is 561 g/mol. The maximum atomic E-state index is 11.4. The van der Waals surface area contributed by atoms with Crippen LogP contribution < -0.4 is 15.2 Å². The Bertz CT molecular complexity index is 1450. The van der Waals surface area contributed by atoms with Crippen molar-refractivity contribution >= 4 is 5.97 Å². The first-order chi connectivity index (χ1) is 20.6. The van der Waals surface area contributed by atoms with Crippen molar-refractivity contribution in [2.45, 2.75) is 25.6 Å². The normalized spacial score (nSPS) is 11.0. The molecule has 0 aliphatic heterocycles. The van der Waals surface area contributed by atoms with Gasteiger partial charge in [-0.05, 0) is 42.8 Å². The van der Waals surface area contributed by atoms with Crippen LogP contribution in [0, 0.1) is 23.7 Å². The molecule has 0 spiro atoms. The van der Waals surface area contributed by atoms with Gasteiger partial charge < -0.3 is 20.3 Å². The van der Waals surface area contributed by atoms with E-state index in [-0.39, 0.29) is 19.6 Å². The summed E-state index contributed by atoms with van der Waals surface area (Å²) in [7, 11) is 0. The number of hydrogen-bond acceptors (Lipinski definition) is 7. The van der Waals surface area contributed by atoms with Crippen molar-refractivity contribution in [1.82, 2.24) is 14.9 Å².